The van der Waals surface area contributed by atoms with Gasteiger partial charge in [-0.3, -0.25) is 0 Å². The van der Waals surface area contributed by atoms with E-state index in [1.165, 1.54) is 31.3 Å². The Morgan fingerprint density at radius 3 is 1.35 bits per heavy atom. The number of fused-ring (bicyclic) bond motifs is 5. The first-order valence-corrected chi connectivity index (χ1v) is 17.5. The molecule has 8 nitrogen and oxygen atoms in total. The van der Waals surface area contributed by atoms with Gasteiger partial charge in [0.2, 0.25) is 0 Å². The molecule has 0 amide bonds. The largest absolute Gasteiger partial charge is 0.192 e. The minimum Gasteiger partial charge on any atom is -0.192 e. The summed E-state index contributed by atoms with van der Waals surface area (Å²) in [5, 5.41) is 41.7. The fourth-order valence-electron chi connectivity index (χ4n) is 6.10. The summed E-state index contributed by atoms with van der Waals surface area (Å²) >= 11 is 5.68. The molecule has 0 aliphatic heterocycles. The first-order valence-electron chi connectivity index (χ1n) is 14.4. The van der Waals surface area contributed by atoms with Crippen LogP contribution in [0.25, 0.3) is 86.0 Å². The van der Waals surface area contributed by atoms with Crippen molar-refractivity contribution in [3.63, 3.8) is 0 Å². The zero-order valence-corrected chi connectivity index (χ0v) is 28.3. The first-order chi connectivity index (χ1) is 23.4. The van der Waals surface area contributed by atoms with Crippen molar-refractivity contribution in [2.24, 2.45) is 0 Å². The second kappa shape index (κ2) is 11.4. The van der Waals surface area contributed by atoms with Crippen molar-refractivity contribution in [3.05, 3.63) is 81.9 Å². The maximum atomic E-state index is 9.25. The van der Waals surface area contributed by atoms with Gasteiger partial charge in [-0.1, -0.05) is 24.3 Å². The quantitative estimate of drug-likeness (QED) is 0.166. The summed E-state index contributed by atoms with van der Waals surface area (Å²) in [6.07, 6.45) is 3.11. The minimum absolute atomic E-state index is 0.0227. The van der Waals surface area contributed by atoms with E-state index in [1.807, 2.05) is 48.5 Å². The molecule has 0 bridgehead atoms. The highest BCUT2D eigenvalue weighted by molar-refractivity contribution is 7.23. The number of benzene rings is 4. The molecule has 0 aliphatic rings. The van der Waals surface area contributed by atoms with E-state index < -0.39 is 0 Å². The molecule has 0 unspecified atom stereocenters. The summed E-state index contributed by atoms with van der Waals surface area (Å²) in [5.74, 6) is 0. The molecule has 0 N–H and O–H groups in total. The molecule has 4 heterocycles. The van der Waals surface area contributed by atoms with Crippen LogP contribution >= 0.6 is 46.1 Å². The normalized spacial score (nSPS) is 11.0. The third-order valence-electron chi connectivity index (χ3n) is 8.41. The summed E-state index contributed by atoms with van der Waals surface area (Å²) in [6, 6.07) is 24.4. The number of aromatic nitrogens is 4. The van der Waals surface area contributed by atoms with Gasteiger partial charge in [0.1, 0.15) is 57.5 Å². The lowest BCUT2D eigenvalue weighted by molar-refractivity contribution is 1.47. The van der Waals surface area contributed by atoms with Crippen molar-refractivity contribution in [1.82, 2.24) is 17.5 Å². The molecule has 0 fully saturated rings. The van der Waals surface area contributed by atoms with E-state index in [0.717, 1.165) is 66.1 Å². The number of nitriles is 4. The van der Waals surface area contributed by atoms with Gasteiger partial charge in [0.05, 0.1) is 23.5 Å². The number of allylic oxidation sites excluding steroid dienone is 2. The van der Waals surface area contributed by atoms with Gasteiger partial charge >= 0.3 is 0 Å². The van der Waals surface area contributed by atoms with Gasteiger partial charge < -0.3 is 0 Å². The van der Waals surface area contributed by atoms with E-state index in [0.29, 0.717) is 22.2 Å². The van der Waals surface area contributed by atoms with Gasteiger partial charge in [-0.15, -0.1) is 22.7 Å². The van der Waals surface area contributed by atoms with Crippen LogP contribution in [0, 0.1) is 59.2 Å². The summed E-state index contributed by atoms with van der Waals surface area (Å²) in [6.45, 7) is 4.35. The van der Waals surface area contributed by atoms with Crippen molar-refractivity contribution in [3.8, 4) is 45.2 Å². The van der Waals surface area contributed by atoms with Crippen LogP contribution in [-0.4, -0.2) is 17.5 Å². The second-order valence-corrected chi connectivity index (χ2v) is 14.2. The van der Waals surface area contributed by atoms with Crippen LogP contribution in [0.4, 0.5) is 0 Å². The van der Waals surface area contributed by atoms with Gasteiger partial charge in [-0.2, -0.15) is 38.5 Å². The molecule has 48 heavy (non-hydrogen) atoms. The molecule has 8 rings (SSSR count). The Kier molecular flexibility index (Phi) is 7.04. The molecule has 0 atom stereocenters. The number of nitrogens with zero attached hydrogens (tertiary/aromatic N) is 8. The van der Waals surface area contributed by atoms with Gasteiger partial charge in [0, 0.05) is 41.4 Å². The summed E-state index contributed by atoms with van der Waals surface area (Å²) in [4.78, 5) is 2.16. The Labute approximate surface area is 289 Å². The molecular formula is C36H16N8S4. The minimum atomic E-state index is 0.0227. The Hall–Kier alpha value is -5.86. The lowest BCUT2D eigenvalue weighted by atomic mass is 9.97. The highest BCUT2D eigenvalue weighted by Crippen LogP contribution is 2.45. The first kappa shape index (κ1) is 29.5. The summed E-state index contributed by atoms with van der Waals surface area (Å²) in [7, 11) is 0. The number of hydrogen-bond donors (Lipinski definition) is 0. The third-order valence-corrected chi connectivity index (χ3v) is 12.1. The highest BCUT2D eigenvalue weighted by atomic mass is 32.1. The van der Waals surface area contributed by atoms with E-state index in [1.54, 1.807) is 34.8 Å². The van der Waals surface area contributed by atoms with Crippen molar-refractivity contribution >= 4 is 111 Å². The predicted molar refractivity (Wildman–Crippen MR) is 195 cm³/mol. The molecule has 12 heteroatoms. The standard InChI is InChI=1S/C36H16N8S4/c1-17-27-9-24-12-30(26-6-4-22(8-20(15-39)16-40)32-34(26)44-48-42-32)46-36(24)18(2)28(27)10-23-11-29(45-35(17)23)25-5-3-21(7-19(13-37)14-38)31-33(25)43-47-41-31/h3-12H,1-2H3. The average Bonchev–Trinajstić information content (AvgIpc) is 3.93. The van der Waals surface area contributed by atoms with Gasteiger partial charge in [-0.05, 0) is 82.9 Å². The van der Waals surface area contributed by atoms with Crippen LogP contribution in [0.1, 0.15) is 22.3 Å². The Bertz CT molecular complexity index is 2690. The van der Waals surface area contributed by atoms with Gasteiger partial charge in [0.25, 0.3) is 0 Å². The van der Waals surface area contributed by atoms with Crippen LogP contribution in [0.5, 0.6) is 0 Å². The van der Waals surface area contributed by atoms with E-state index in [9.17, 15) is 21.0 Å². The molecular weight excluding hydrogens is 673 g/mol. The maximum absolute atomic E-state index is 9.25. The van der Waals surface area contributed by atoms with Crippen molar-refractivity contribution < 1.29 is 0 Å². The predicted octanol–water partition coefficient (Wildman–Crippen LogP) is 10.1. The van der Waals surface area contributed by atoms with E-state index in [4.69, 9.17) is 0 Å². The maximum Gasteiger partial charge on any atom is 0.130 e. The third kappa shape index (κ3) is 4.56. The molecule has 8 aromatic rings. The molecule has 0 saturated carbocycles. The van der Waals surface area contributed by atoms with Gasteiger partial charge in [-0.25, -0.2) is 0 Å². The molecule has 0 aliphatic carbocycles. The molecule has 4 aromatic carbocycles. The van der Waals surface area contributed by atoms with Gasteiger partial charge in [0.15, 0.2) is 0 Å². The Morgan fingerprint density at radius 2 is 0.958 bits per heavy atom. The SMILES string of the molecule is Cc1c2cc3cc(-c4ccc(C=C(C#N)C#N)c5nsnc45)sc3c(C)c2cc2cc(-c3ccc(C=C(C#N)C#N)c4nsnc34)sc12. The van der Waals surface area contributed by atoms with Crippen LogP contribution < -0.4 is 0 Å². The molecule has 0 saturated heterocycles. The van der Waals surface area contributed by atoms with Crippen molar-refractivity contribution in [2.45, 2.75) is 13.8 Å². The van der Waals surface area contributed by atoms with E-state index >= 15 is 0 Å². The topological polar surface area (TPSA) is 147 Å². The Morgan fingerprint density at radius 1 is 0.562 bits per heavy atom. The smallest absolute Gasteiger partial charge is 0.130 e. The molecule has 0 spiro atoms. The molecule has 4 aromatic heterocycles. The van der Waals surface area contributed by atoms with E-state index in [-0.39, 0.29) is 11.1 Å². The summed E-state index contributed by atoms with van der Waals surface area (Å²) < 4.78 is 20.6. The lowest BCUT2D eigenvalue weighted by Gasteiger charge is -2.08. The summed E-state index contributed by atoms with van der Waals surface area (Å²) in [5.41, 5.74) is 8.68. The number of aryl methyl sites for hydroxylation is 2. The van der Waals surface area contributed by atoms with Crippen molar-refractivity contribution in [2.75, 3.05) is 0 Å². The number of rotatable bonds is 4. The number of hydrogen-bond acceptors (Lipinski definition) is 12. The lowest BCUT2D eigenvalue weighted by Crippen LogP contribution is -1.84. The average molecular weight is 689 g/mol. The van der Waals surface area contributed by atoms with Crippen LogP contribution in [-0.2, 0) is 0 Å². The fraction of sp³-hybridized carbons (Fsp3) is 0.0556. The fourth-order valence-corrected chi connectivity index (χ4v) is 9.62. The molecule has 0 radical (unpaired) electrons. The monoisotopic (exact) mass is 688 g/mol. The zero-order chi connectivity index (χ0) is 33.1. The van der Waals surface area contributed by atoms with Crippen LogP contribution in [0.15, 0.2) is 59.7 Å². The second-order valence-electron chi connectivity index (χ2n) is 11.0. The molecule has 224 valence electrons. The number of thiophene rings is 2. The van der Waals surface area contributed by atoms with Crippen molar-refractivity contribution in [1.29, 1.82) is 21.0 Å². The van der Waals surface area contributed by atoms with E-state index in [2.05, 4.69) is 55.6 Å². The Balaban J connectivity index is 1.25. The van der Waals surface area contributed by atoms with Crippen LogP contribution in [0.3, 0.4) is 0 Å². The zero-order valence-electron chi connectivity index (χ0n) is 25.0. The highest BCUT2D eigenvalue weighted by Gasteiger charge is 2.19. The van der Waals surface area contributed by atoms with Crippen LogP contribution in [0.2, 0.25) is 0 Å².